The van der Waals surface area contributed by atoms with Crippen LogP contribution >= 0.6 is 0 Å². The predicted octanol–water partition coefficient (Wildman–Crippen LogP) is 2.97. The highest BCUT2D eigenvalue weighted by molar-refractivity contribution is 5.87. The van der Waals surface area contributed by atoms with Crippen LogP contribution in [0.3, 0.4) is 0 Å². The van der Waals surface area contributed by atoms with E-state index in [2.05, 4.69) is 9.97 Å². The van der Waals surface area contributed by atoms with Gasteiger partial charge in [-0.1, -0.05) is 6.07 Å². The summed E-state index contributed by atoms with van der Waals surface area (Å²) in [5.74, 6) is -0.960. The van der Waals surface area contributed by atoms with Gasteiger partial charge in [0.2, 0.25) is 0 Å². The van der Waals surface area contributed by atoms with E-state index in [4.69, 9.17) is 5.11 Å². The molecule has 23 heavy (non-hydrogen) atoms. The molecule has 3 aromatic rings. The van der Waals surface area contributed by atoms with Crippen LogP contribution in [-0.4, -0.2) is 26.2 Å². The summed E-state index contributed by atoms with van der Waals surface area (Å²) in [7, 11) is 0. The number of pyridine rings is 2. The molecule has 0 saturated carbocycles. The van der Waals surface area contributed by atoms with Crippen LogP contribution < -0.4 is 0 Å². The highest BCUT2D eigenvalue weighted by Gasteiger charge is 2.07. The molecular formula is C18H16N2O3. The van der Waals surface area contributed by atoms with Gasteiger partial charge in [-0.25, -0.2) is 4.79 Å². The number of benzene rings is 1. The van der Waals surface area contributed by atoms with Gasteiger partial charge < -0.3 is 10.2 Å². The van der Waals surface area contributed by atoms with E-state index in [1.165, 1.54) is 12.3 Å². The first kappa shape index (κ1) is 15.1. The molecule has 0 aliphatic carbocycles. The number of rotatable bonds is 4. The van der Waals surface area contributed by atoms with Crippen molar-refractivity contribution in [3.8, 4) is 0 Å². The predicted molar refractivity (Wildman–Crippen MR) is 86.4 cm³/mol. The molecule has 0 saturated heterocycles. The lowest BCUT2D eigenvalue weighted by Crippen LogP contribution is -2.00. The minimum atomic E-state index is -0.960. The monoisotopic (exact) mass is 308 g/mol. The molecule has 1 atom stereocenters. The van der Waals surface area contributed by atoms with Gasteiger partial charge in [0.05, 0.1) is 17.2 Å². The first-order valence-electron chi connectivity index (χ1n) is 7.28. The van der Waals surface area contributed by atoms with Crippen molar-refractivity contribution in [2.75, 3.05) is 0 Å². The zero-order valence-corrected chi connectivity index (χ0v) is 12.6. The Morgan fingerprint density at radius 2 is 2.00 bits per heavy atom. The summed E-state index contributed by atoms with van der Waals surface area (Å²) in [6, 6.07) is 10.8. The molecule has 3 rings (SSSR count). The quantitative estimate of drug-likeness (QED) is 0.774. The van der Waals surface area contributed by atoms with Crippen LogP contribution in [0.25, 0.3) is 10.9 Å². The Hall–Kier alpha value is -2.79. The van der Waals surface area contributed by atoms with E-state index in [0.29, 0.717) is 12.1 Å². The third-order valence-electron chi connectivity index (χ3n) is 3.70. The molecule has 0 radical (unpaired) electrons. The SMILES string of the molecule is CC(O)c1cnc2ccc(Cc3cc(C(=O)O)ccn3)cc2c1. The molecule has 2 heterocycles. The number of aromatic nitrogens is 2. The van der Waals surface area contributed by atoms with E-state index in [1.807, 2.05) is 24.3 Å². The Bertz CT molecular complexity index is 875. The zero-order valence-electron chi connectivity index (χ0n) is 12.6. The molecule has 0 bridgehead atoms. The fourth-order valence-corrected chi connectivity index (χ4v) is 2.45. The number of aromatic carboxylic acids is 1. The molecule has 0 aliphatic rings. The van der Waals surface area contributed by atoms with Crippen LogP contribution in [0.15, 0.2) is 48.8 Å². The summed E-state index contributed by atoms with van der Waals surface area (Å²) in [4.78, 5) is 19.6. The van der Waals surface area contributed by atoms with Crippen LogP contribution in [0.4, 0.5) is 0 Å². The second-order valence-corrected chi connectivity index (χ2v) is 5.49. The van der Waals surface area contributed by atoms with Crippen molar-refractivity contribution in [1.82, 2.24) is 9.97 Å². The fraction of sp³-hybridized carbons (Fsp3) is 0.167. The van der Waals surface area contributed by atoms with Crippen molar-refractivity contribution in [1.29, 1.82) is 0 Å². The molecule has 0 spiro atoms. The van der Waals surface area contributed by atoms with E-state index in [0.717, 1.165) is 22.0 Å². The Morgan fingerprint density at radius 3 is 2.74 bits per heavy atom. The number of carbonyl (C=O) groups is 1. The summed E-state index contributed by atoms with van der Waals surface area (Å²) in [6.07, 6.45) is 3.15. The van der Waals surface area contributed by atoms with Crippen LogP contribution in [0.2, 0.25) is 0 Å². The molecule has 0 amide bonds. The van der Waals surface area contributed by atoms with Crippen LogP contribution in [0.5, 0.6) is 0 Å². The number of fused-ring (bicyclic) bond motifs is 1. The van der Waals surface area contributed by atoms with Gasteiger partial charge in [0.15, 0.2) is 0 Å². The van der Waals surface area contributed by atoms with Gasteiger partial charge in [-0.2, -0.15) is 0 Å². The van der Waals surface area contributed by atoms with Crippen molar-refractivity contribution < 1.29 is 15.0 Å². The topological polar surface area (TPSA) is 83.3 Å². The second kappa shape index (κ2) is 6.14. The normalized spacial score (nSPS) is 12.3. The average molecular weight is 308 g/mol. The number of hydrogen-bond acceptors (Lipinski definition) is 4. The van der Waals surface area contributed by atoms with Crippen molar-refractivity contribution in [3.05, 3.63) is 71.2 Å². The average Bonchev–Trinajstić information content (AvgIpc) is 2.54. The Morgan fingerprint density at radius 1 is 1.17 bits per heavy atom. The molecule has 5 nitrogen and oxygen atoms in total. The van der Waals surface area contributed by atoms with Crippen molar-refractivity contribution in [3.63, 3.8) is 0 Å². The standard InChI is InChI=1S/C18H16N2O3/c1-11(21)15-8-14-6-12(2-3-17(14)20-10-15)7-16-9-13(18(22)23)4-5-19-16/h2-6,8-11,21H,7H2,1H3,(H,22,23). The van der Waals surface area contributed by atoms with Crippen molar-refractivity contribution in [2.24, 2.45) is 0 Å². The molecule has 2 aromatic heterocycles. The second-order valence-electron chi connectivity index (χ2n) is 5.49. The van der Waals surface area contributed by atoms with E-state index < -0.39 is 12.1 Å². The maximum atomic E-state index is 11.0. The summed E-state index contributed by atoms with van der Waals surface area (Å²) < 4.78 is 0. The molecule has 1 aromatic carbocycles. The van der Waals surface area contributed by atoms with E-state index in [9.17, 15) is 9.90 Å². The summed E-state index contributed by atoms with van der Waals surface area (Å²) in [5.41, 5.74) is 3.56. The summed E-state index contributed by atoms with van der Waals surface area (Å²) in [5, 5.41) is 19.6. The number of aliphatic hydroxyl groups excluding tert-OH is 1. The van der Waals surface area contributed by atoms with Gasteiger partial charge in [-0.05, 0) is 48.4 Å². The Kier molecular flexibility index (Phi) is 4.04. The maximum absolute atomic E-state index is 11.0. The first-order valence-corrected chi connectivity index (χ1v) is 7.28. The van der Waals surface area contributed by atoms with Gasteiger partial charge in [-0.3, -0.25) is 9.97 Å². The van der Waals surface area contributed by atoms with Crippen LogP contribution in [0, 0.1) is 0 Å². The largest absolute Gasteiger partial charge is 0.478 e. The Labute approximate surface area is 133 Å². The van der Waals surface area contributed by atoms with E-state index >= 15 is 0 Å². The number of hydrogen-bond donors (Lipinski definition) is 2. The van der Waals surface area contributed by atoms with Crippen molar-refractivity contribution in [2.45, 2.75) is 19.4 Å². The first-order chi connectivity index (χ1) is 11.0. The Balaban J connectivity index is 1.93. The smallest absolute Gasteiger partial charge is 0.335 e. The lowest BCUT2D eigenvalue weighted by atomic mass is 10.0. The van der Waals surface area contributed by atoms with E-state index in [1.54, 1.807) is 19.2 Å². The van der Waals surface area contributed by atoms with Crippen LogP contribution in [0.1, 0.15) is 40.2 Å². The van der Waals surface area contributed by atoms with Gasteiger partial charge in [0.1, 0.15) is 0 Å². The lowest BCUT2D eigenvalue weighted by molar-refractivity contribution is 0.0696. The van der Waals surface area contributed by atoms with E-state index in [-0.39, 0.29) is 5.56 Å². The summed E-state index contributed by atoms with van der Waals surface area (Å²) in [6.45, 7) is 1.70. The molecule has 0 aliphatic heterocycles. The molecule has 5 heteroatoms. The number of carboxylic acid groups (broad SMARTS) is 1. The summed E-state index contributed by atoms with van der Waals surface area (Å²) >= 11 is 0. The van der Waals surface area contributed by atoms with Gasteiger partial charge >= 0.3 is 5.97 Å². The molecule has 2 N–H and O–H groups in total. The highest BCUT2D eigenvalue weighted by Crippen LogP contribution is 2.20. The lowest BCUT2D eigenvalue weighted by Gasteiger charge is -2.07. The maximum Gasteiger partial charge on any atom is 0.335 e. The fourth-order valence-electron chi connectivity index (χ4n) is 2.45. The third-order valence-corrected chi connectivity index (χ3v) is 3.70. The van der Waals surface area contributed by atoms with Gasteiger partial charge in [0.25, 0.3) is 0 Å². The number of aliphatic hydroxyl groups is 1. The third kappa shape index (κ3) is 3.35. The molecule has 1 unspecified atom stereocenters. The number of carboxylic acids is 1. The minimum Gasteiger partial charge on any atom is -0.478 e. The van der Waals surface area contributed by atoms with Crippen LogP contribution in [-0.2, 0) is 6.42 Å². The van der Waals surface area contributed by atoms with Gasteiger partial charge in [-0.15, -0.1) is 0 Å². The molecule has 116 valence electrons. The number of nitrogens with zero attached hydrogens (tertiary/aromatic N) is 2. The zero-order chi connectivity index (χ0) is 16.4. The molecule has 0 fully saturated rings. The minimum absolute atomic E-state index is 0.230. The highest BCUT2D eigenvalue weighted by atomic mass is 16.4. The van der Waals surface area contributed by atoms with Crippen molar-refractivity contribution >= 4 is 16.9 Å². The molecular weight excluding hydrogens is 292 g/mol. The van der Waals surface area contributed by atoms with Gasteiger partial charge in [0, 0.05) is 29.9 Å².